The molecule has 0 unspecified atom stereocenters. The molecule has 0 radical (unpaired) electrons. The number of carbonyl (C=O) groups is 1. The number of hydrogen-bond donors (Lipinski definition) is 2. The van der Waals surface area contributed by atoms with E-state index in [4.69, 9.17) is 22.1 Å². The van der Waals surface area contributed by atoms with E-state index in [2.05, 4.69) is 5.32 Å². The fourth-order valence-corrected chi connectivity index (χ4v) is 2.44. The topological polar surface area (TPSA) is 64.4 Å². The lowest BCUT2D eigenvalue weighted by Gasteiger charge is -2.34. The van der Waals surface area contributed by atoms with E-state index >= 15 is 0 Å². The van der Waals surface area contributed by atoms with Crippen LogP contribution in [0.4, 0.5) is 5.69 Å². The largest absolute Gasteiger partial charge is 0.381 e. The molecule has 1 aliphatic heterocycles. The normalized spacial score (nSPS) is 18.1. The first-order chi connectivity index (χ1) is 9.07. The Hall–Kier alpha value is -1.10. The summed E-state index contributed by atoms with van der Waals surface area (Å²) >= 11 is 6.10. The standard InChI is InChI=1S/C14H19ClN2O2/c1-10-2-3-11(15)12(8-10)17-13(18)14(9-16)4-6-19-7-5-14/h2-3,8H,4-7,9,16H2,1H3,(H,17,18). The lowest BCUT2D eigenvalue weighted by atomic mass is 9.79. The molecule has 104 valence electrons. The first-order valence-electron chi connectivity index (χ1n) is 6.43. The van der Waals surface area contributed by atoms with Gasteiger partial charge in [-0.15, -0.1) is 0 Å². The van der Waals surface area contributed by atoms with Crippen LogP contribution in [0.1, 0.15) is 18.4 Å². The predicted molar refractivity (Wildman–Crippen MR) is 76.4 cm³/mol. The molecule has 0 bridgehead atoms. The van der Waals surface area contributed by atoms with Crippen molar-refractivity contribution in [3.05, 3.63) is 28.8 Å². The van der Waals surface area contributed by atoms with Crippen molar-refractivity contribution in [1.29, 1.82) is 0 Å². The predicted octanol–water partition coefficient (Wildman–Crippen LogP) is 2.34. The lowest BCUT2D eigenvalue weighted by molar-refractivity contribution is -0.130. The maximum atomic E-state index is 12.5. The minimum atomic E-state index is -0.536. The van der Waals surface area contributed by atoms with E-state index in [0.717, 1.165) is 5.56 Å². The number of nitrogens with one attached hydrogen (secondary N) is 1. The summed E-state index contributed by atoms with van der Waals surface area (Å²) in [6.45, 7) is 3.43. The quantitative estimate of drug-likeness (QED) is 0.894. The van der Waals surface area contributed by atoms with Crippen LogP contribution in [0.15, 0.2) is 18.2 Å². The molecule has 4 nitrogen and oxygen atoms in total. The number of nitrogens with two attached hydrogens (primary N) is 1. The minimum absolute atomic E-state index is 0.0641. The average Bonchev–Trinajstić information content (AvgIpc) is 2.43. The Morgan fingerprint density at radius 1 is 1.47 bits per heavy atom. The van der Waals surface area contributed by atoms with E-state index in [0.29, 0.717) is 43.3 Å². The van der Waals surface area contributed by atoms with Gasteiger partial charge in [-0.2, -0.15) is 0 Å². The molecule has 1 fully saturated rings. The van der Waals surface area contributed by atoms with Gasteiger partial charge in [-0.3, -0.25) is 4.79 Å². The number of amides is 1. The third-order valence-corrected chi connectivity index (χ3v) is 4.02. The molecular formula is C14H19ClN2O2. The van der Waals surface area contributed by atoms with Gasteiger partial charge in [-0.25, -0.2) is 0 Å². The first-order valence-corrected chi connectivity index (χ1v) is 6.81. The average molecular weight is 283 g/mol. The fourth-order valence-electron chi connectivity index (χ4n) is 2.28. The van der Waals surface area contributed by atoms with E-state index in [1.54, 1.807) is 6.07 Å². The highest BCUT2D eigenvalue weighted by Gasteiger charge is 2.38. The molecule has 0 aromatic heterocycles. The lowest BCUT2D eigenvalue weighted by Crippen LogP contribution is -2.46. The van der Waals surface area contributed by atoms with E-state index < -0.39 is 5.41 Å². The fraction of sp³-hybridized carbons (Fsp3) is 0.500. The van der Waals surface area contributed by atoms with Crippen molar-refractivity contribution >= 4 is 23.2 Å². The molecule has 1 aliphatic rings. The summed E-state index contributed by atoms with van der Waals surface area (Å²) < 4.78 is 5.31. The van der Waals surface area contributed by atoms with Crippen LogP contribution in [0.3, 0.4) is 0 Å². The number of hydrogen-bond acceptors (Lipinski definition) is 3. The van der Waals surface area contributed by atoms with Gasteiger partial charge in [0.25, 0.3) is 0 Å². The van der Waals surface area contributed by atoms with Crippen LogP contribution in [0.2, 0.25) is 5.02 Å². The second-order valence-electron chi connectivity index (χ2n) is 5.03. The molecule has 1 amide bonds. The summed E-state index contributed by atoms with van der Waals surface area (Å²) in [5.41, 5.74) is 6.97. The Morgan fingerprint density at radius 2 is 2.16 bits per heavy atom. The second kappa shape index (κ2) is 5.90. The van der Waals surface area contributed by atoms with Crippen molar-refractivity contribution in [2.75, 3.05) is 25.1 Å². The van der Waals surface area contributed by atoms with Crippen molar-refractivity contribution in [2.24, 2.45) is 11.1 Å². The van der Waals surface area contributed by atoms with Crippen LogP contribution in [0, 0.1) is 12.3 Å². The molecule has 0 spiro atoms. The molecule has 0 saturated carbocycles. The number of rotatable bonds is 3. The monoisotopic (exact) mass is 282 g/mol. The Balaban J connectivity index is 2.17. The van der Waals surface area contributed by atoms with Gasteiger partial charge >= 0.3 is 0 Å². The maximum Gasteiger partial charge on any atom is 0.232 e. The van der Waals surface area contributed by atoms with Crippen molar-refractivity contribution in [1.82, 2.24) is 0 Å². The molecule has 0 atom stereocenters. The zero-order valence-electron chi connectivity index (χ0n) is 11.0. The van der Waals surface area contributed by atoms with Crippen molar-refractivity contribution in [3.8, 4) is 0 Å². The Kier molecular flexibility index (Phi) is 4.45. The highest BCUT2D eigenvalue weighted by atomic mass is 35.5. The van der Waals surface area contributed by atoms with Crippen molar-refractivity contribution in [2.45, 2.75) is 19.8 Å². The summed E-state index contributed by atoms with van der Waals surface area (Å²) in [5, 5.41) is 3.45. The van der Waals surface area contributed by atoms with E-state index in [-0.39, 0.29) is 5.91 Å². The Bertz CT molecular complexity index is 471. The van der Waals surface area contributed by atoms with Gasteiger partial charge in [-0.05, 0) is 37.5 Å². The molecule has 2 rings (SSSR count). The van der Waals surface area contributed by atoms with E-state index in [9.17, 15) is 4.79 Å². The Morgan fingerprint density at radius 3 is 2.79 bits per heavy atom. The summed E-state index contributed by atoms with van der Waals surface area (Å²) in [6, 6.07) is 5.56. The van der Waals surface area contributed by atoms with Gasteiger partial charge < -0.3 is 15.8 Å². The van der Waals surface area contributed by atoms with Crippen molar-refractivity contribution in [3.63, 3.8) is 0 Å². The number of benzene rings is 1. The van der Waals surface area contributed by atoms with Crippen LogP contribution >= 0.6 is 11.6 Å². The van der Waals surface area contributed by atoms with Crippen molar-refractivity contribution < 1.29 is 9.53 Å². The van der Waals surface area contributed by atoms with E-state index in [1.807, 2.05) is 19.1 Å². The number of carbonyl (C=O) groups excluding carboxylic acids is 1. The summed E-state index contributed by atoms with van der Waals surface area (Å²) in [6.07, 6.45) is 1.30. The smallest absolute Gasteiger partial charge is 0.232 e. The molecule has 19 heavy (non-hydrogen) atoms. The number of ether oxygens (including phenoxy) is 1. The SMILES string of the molecule is Cc1ccc(Cl)c(NC(=O)C2(CN)CCOCC2)c1. The van der Waals surface area contributed by atoms with Crippen LogP contribution < -0.4 is 11.1 Å². The molecule has 0 aliphatic carbocycles. The summed E-state index contributed by atoms with van der Waals surface area (Å²) in [5.74, 6) is -0.0641. The van der Waals surface area contributed by atoms with Crippen LogP contribution in [0.25, 0.3) is 0 Å². The van der Waals surface area contributed by atoms with Gasteiger partial charge in [0.05, 0.1) is 16.1 Å². The second-order valence-corrected chi connectivity index (χ2v) is 5.44. The molecule has 1 heterocycles. The highest BCUT2D eigenvalue weighted by molar-refractivity contribution is 6.33. The van der Waals surface area contributed by atoms with E-state index in [1.165, 1.54) is 0 Å². The van der Waals surface area contributed by atoms with Crippen LogP contribution in [0.5, 0.6) is 0 Å². The van der Waals surface area contributed by atoms with Crippen LogP contribution in [-0.4, -0.2) is 25.7 Å². The first kappa shape index (κ1) is 14.3. The summed E-state index contributed by atoms with van der Waals surface area (Å²) in [4.78, 5) is 12.5. The van der Waals surface area contributed by atoms with Crippen LogP contribution in [-0.2, 0) is 9.53 Å². The Labute approximate surface area is 118 Å². The zero-order valence-corrected chi connectivity index (χ0v) is 11.8. The van der Waals surface area contributed by atoms with Gasteiger partial charge in [0, 0.05) is 19.8 Å². The third kappa shape index (κ3) is 3.08. The van der Waals surface area contributed by atoms with Gasteiger partial charge in [0.2, 0.25) is 5.91 Å². The molecule has 5 heteroatoms. The molecule has 3 N–H and O–H groups in total. The van der Waals surface area contributed by atoms with Gasteiger partial charge in [0.15, 0.2) is 0 Å². The third-order valence-electron chi connectivity index (χ3n) is 3.69. The van der Waals surface area contributed by atoms with Gasteiger partial charge in [-0.1, -0.05) is 17.7 Å². The molecule has 1 saturated heterocycles. The minimum Gasteiger partial charge on any atom is -0.381 e. The molecule has 1 aromatic carbocycles. The molecule has 1 aromatic rings. The highest BCUT2D eigenvalue weighted by Crippen LogP contribution is 2.32. The number of halogens is 1. The number of aryl methyl sites for hydroxylation is 1. The molecular weight excluding hydrogens is 264 g/mol. The summed E-state index contributed by atoms with van der Waals surface area (Å²) in [7, 11) is 0. The van der Waals surface area contributed by atoms with Gasteiger partial charge in [0.1, 0.15) is 0 Å². The number of anilines is 1. The maximum absolute atomic E-state index is 12.5. The zero-order chi connectivity index (χ0) is 13.9.